The molecular weight excluding hydrogens is 248 g/mol. The lowest BCUT2D eigenvalue weighted by Gasteiger charge is -2.17. The lowest BCUT2D eigenvalue weighted by atomic mass is 9.94. The van der Waals surface area contributed by atoms with Gasteiger partial charge in [-0.2, -0.15) is 5.10 Å². The maximum absolute atomic E-state index is 11.6. The van der Waals surface area contributed by atoms with E-state index in [0.717, 1.165) is 6.42 Å². The maximum Gasteiger partial charge on any atom is 0.319 e. The van der Waals surface area contributed by atoms with Gasteiger partial charge in [0.25, 0.3) is 0 Å². The molecule has 7 heteroatoms. The molecule has 0 saturated carbocycles. The van der Waals surface area contributed by atoms with Crippen LogP contribution in [0.3, 0.4) is 0 Å². The van der Waals surface area contributed by atoms with Gasteiger partial charge in [0.2, 0.25) is 0 Å². The second kappa shape index (κ2) is 7.40. The van der Waals surface area contributed by atoms with Crippen molar-refractivity contribution < 1.29 is 14.7 Å². The van der Waals surface area contributed by atoms with Gasteiger partial charge >= 0.3 is 12.0 Å². The minimum Gasteiger partial charge on any atom is -0.481 e. The Labute approximate surface area is 111 Å². The summed E-state index contributed by atoms with van der Waals surface area (Å²) < 4.78 is 0. The summed E-state index contributed by atoms with van der Waals surface area (Å²) in [7, 11) is 0. The number of nitrogens with zero attached hydrogens (tertiary/aromatic N) is 1. The van der Waals surface area contributed by atoms with Crippen LogP contribution in [0.5, 0.6) is 0 Å². The van der Waals surface area contributed by atoms with Gasteiger partial charge in [-0.15, -0.1) is 0 Å². The van der Waals surface area contributed by atoms with Crippen molar-refractivity contribution in [2.24, 2.45) is 11.8 Å². The fourth-order valence-corrected chi connectivity index (χ4v) is 1.88. The van der Waals surface area contributed by atoms with E-state index in [1.165, 1.54) is 6.20 Å². The molecule has 1 aromatic heterocycles. The highest BCUT2D eigenvalue weighted by Crippen LogP contribution is 2.14. The Bertz CT molecular complexity index is 403. The van der Waals surface area contributed by atoms with Crippen LogP contribution in [-0.2, 0) is 4.79 Å². The standard InChI is InChI=1S/C12H20N4O3/c1-8(2)3-9(4-11(17)18)5-13-12(19)16-10-6-14-15-7-10/h6-9H,3-5H2,1-2H3,(H,14,15)(H,17,18)(H2,13,16,19)/t9-/m0/s1. The Kier molecular flexibility index (Phi) is 5.84. The predicted molar refractivity (Wildman–Crippen MR) is 70.8 cm³/mol. The molecule has 0 unspecified atom stereocenters. The van der Waals surface area contributed by atoms with Gasteiger partial charge in [-0.1, -0.05) is 13.8 Å². The molecule has 0 aromatic carbocycles. The Balaban J connectivity index is 2.37. The van der Waals surface area contributed by atoms with E-state index in [0.29, 0.717) is 18.2 Å². The highest BCUT2D eigenvalue weighted by atomic mass is 16.4. The fraction of sp³-hybridized carbons (Fsp3) is 0.583. The normalized spacial score (nSPS) is 12.2. The predicted octanol–water partition coefficient (Wildman–Crippen LogP) is 1.67. The quantitative estimate of drug-likeness (QED) is 0.603. The van der Waals surface area contributed by atoms with Crippen LogP contribution < -0.4 is 10.6 Å². The van der Waals surface area contributed by atoms with Crippen molar-refractivity contribution in [3.05, 3.63) is 12.4 Å². The summed E-state index contributed by atoms with van der Waals surface area (Å²) >= 11 is 0. The Morgan fingerprint density at radius 1 is 1.47 bits per heavy atom. The zero-order valence-corrected chi connectivity index (χ0v) is 11.1. The highest BCUT2D eigenvalue weighted by Gasteiger charge is 2.16. The lowest BCUT2D eigenvalue weighted by molar-refractivity contribution is -0.138. The van der Waals surface area contributed by atoms with Crippen molar-refractivity contribution in [3.8, 4) is 0 Å². The average molecular weight is 268 g/mol. The third kappa shape index (κ3) is 6.44. The van der Waals surface area contributed by atoms with E-state index in [1.807, 2.05) is 13.8 Å². The zero-order chi connectivity index (χ0) is 14.3. The van der Waals surface area contributed by atoms with Crippen LogP contribution in [0.2, 0.25) is 0 Å². The molecular formula is C12H20N4O3. The van der Waals surface area contributed by atoms with Gasteiger partial charge in [0.1, 0.15) is 0 Å². The molecule has 19 heavy (non-hydrogen) atoms. The third-order valence-electron chi connectivity index (χ3n) is 2.58. The van der Waals surface area contributed by atoms with Crippen LogP contribution >= 0.6 is 0 Å². The number of aromatic nitrogens is 2. The van der Waals surface area contributed by atoms with E-state index < -0.39 is 5.97 Å². The number of hydrogen-bond donors (Lipinski definition) is 4. The van der Waals surface area contributed by atoms with Crippen LogP contribution in [0.15, 0.2) is 12.4 Å². The van der Waals surface area contributed by atoms with E-state index in [4.69, 9.17) is 5.11 Å². The van der Waals surface area contributed by atoms with Crippen molar-refractivity contribution in [1.82, 2.24) is 15.5 Å². The molecule has 7 nitrogen and oxygen atoms in total. The number of carboxylic acid groups (broad SMARTS) is 1. The number of rotatable bonds is 7. The number of carbonyl (C=O) groups excluding carboxylic acids is 1. The Morgan fingerprint density at radius 2 is 2.21 bits per heavy atom. The number of hydrogen-bond acceptors (Lipinski definition) is 3. The molecule has 0 bridgehead atoms. The molecule has 1 heterocycles. The summed E-state index contributed by atoms with van der Waals surface area (Å²) in [5.74, 6) is -0.515. The van der Waals surface area contributed by atoms with Crippen LogP contribution in [0.1, 0.15) is 26.7 Å². The second-order valence-corrected chi connectivity index (χ2v) is 4.92. The number of anilines is 1. The highest BCUT2D eigenvalue weighted by molar-refractivity contribution is 5.88. The van der Waals surface area contributed by atoms with Crippen LogP contribution in [0.4, 0.5) is 10.5 Å². The summed E-state index contributed by atoms with van der Waals surface area (Å²) in [6, 6.07) is -0.361. The molecule has 0 spiro atoms. The van der Waals surface area contributed by atoms with Gasteiger partial charge in [-0.3, -0.25) is 9.89 Å². The number of aromatic amines is 1. The summed E-state index contributed by atoms with van der Waals surface area (Å²) in [5.41, 5.74) is 0.566. The monoisotopic (exact) mass is 268 g/mol. The van der Waals surface area contributed by atoms with E-state index in [1.54, 1.807) is 6.20 Å². The van der Waals surface area contributed by atoms with Gasteiger partial charge < -0.3 is 15.7 Å². The van der Waals surface area contributed by atoms with Gasteiger partial charge in [-0.25, -0.2) is 4.79 Å². The van der Waals surface area contributed by atoms with Gasteiger partial charge in [0, 0.05) is 19.2 Å². The average Bonchev–Trinajstić information content (AvgIpc) is 2.77. The summed E-state index contributed by atoms with van der Waals surface area (Å²) in [5, 5.41) is 20.4. The molecule has 4 N–H and O–H groups in total. The Hall–Kier alpha value is -2.05. The molecule has 1 atom stereocenters. The summed E-state index contributed by atoms with van der Waals surface area (Å²) in [6.45, 7) is 4.40. The molecule has 0 aliphatic heterocycles. The van der Waals surface area contributed by atoms with Crippen molar-refractivity contribution in [3.63, 3.8) is 0 Å². The van der Waals surface area contributed by atoms with Crippen LogP contribution in [-0.4, -0.2) is 33.8 Å². The topological polar surface area (TPSA) is 107 Å². The fourth-order valence-electron chi connectivity index (χ4n) is 1.88. The molecule has 0 aliphatic carbocycles. The maximum atomic E-state index is 11.6. The largest absolute Gasteiger partial charge is 0.481 e. The van der Waals surface area contributed by atoms with Gasteiger partial charge in [-0.05, 0) is 18.3 Å². The van der Waals surface area contributed by atoms with Crippen molar-refractivity contribution in [2.75, 3.05) is 11.9 Å². The van der Waals surface area contributed by atoms with E-state index in [9.17, 15) is 9.59 Å². The van der Waals surface area contributed by atoms with E-state index in [-0.39, 0.29) is 18.4 Å². The number of nitrogens with one attached hydrogen (secondary N) is 3. The molecule has 1 rings (SSSR count). The molecule has 1 aromatic rings. The van der Waals surface area contributed by atoms with Crippen molar-refractivity contribution >= 4 is 17.7 Å². The van der Waals surface area contributed by atoms with Crippen molar-refractivity contribution in [2.45, 2.75) is 26.7 Å². The minimum atomic E-state index is -0.845. The first-order valence-electron chi connectivity index (χ1n) is 6.22. The Morgan fingerprint density at radius 3 is 2.74 bits per heavy atom. The zero-order valence-electron chi connectivity index (χ0n) is 11.1. The summed E-state index contributed by atoms with van der Waals surface area (Å²) in [4.78, 5) is 22.3. The lowest BCUT2D eigenvalue weighted by Crippen LogP contribution is -2.34. The number of carboxylic acids is 1. The molecule has 0 radical (unpaired) electrons. The first-order chi connectivity index (χ1) is 8.97. The number of amides is 2. The minimum absolute atomic E-state index is 0.0597. The van der Waals surface area contributed by atoms with E-state index >= 15 is 0 Å². The molecule has 106 valence electrons. The number of aliphatic carboxylic acids is 1. The molecule has 0 aliphatic rings. The third-order valence-corrected chi connectivity index (χ3v) is 2.58. The molecule has 0 fully saturated rings. The van der Waals surface area contributed by atoms with Crippen LogP contribution in [0.25, 0.3) is 0 Å². The first kappa shape index (κ1) is 15.0. The van der Waals surface area contributed by atoms with Gasteiger partial charge in [0.05, 0.1) is 11.9 Å². The second-order valence-electron chi connectivity index (χ2n) is 4.92. The first-order valence-corrected chi connectivity index (χ1v) is 6.22. The number of urea groups is 1. The van der Waals surface area contributed by atoms with Gasteiger partial charge in [0.15, 0.2) is 0 Å². The molecule has 2 amide bonds. The number of carbonyl (C=O) groups is 2. The van der Waals surface area contributed by atoms with Crippen LogP contribution in [0, 0.1) is 11.8 Å². The SMILES string of the molecule is CC(C)C[C@H](CNC(=O)Nc1cn[nH]c1)CC(=O)O. The van der Waals surface area contributed by atoms with E-state index in [2.05, 4.69) is 20.8 Å². The summed E-state index contributed by atoms with van der Waals surface area (Å²) in [6.07, 6.45) is 3.87. The van der Waals surface area contributed by atoms with Crippen molar-refractivity contribution in [1.29, 1.82) is 0 Å². The molecule has 0 saturated heterocycles. The smallest absolute Gasteiger partial charge is 0.319 e. The number of H-pyrrole nitrogens is 1.